The van der Waals surface area contributed by atoms with Crippen LogP contribution < -0.4 is 0 Å². The third kappa shape index (κ3) is 4.64. The number of benzene rings is 1. The highest BCUT2D eigenvalue weighted by Gasteiger charge is 2.26. The van der Waals surface area contributed by atoms with Gasteiger partial charge in [0, 0.05) is 24.6 Å². The zero-order valence-corrected chi connectivity index (χ0v) is 9.01. The quantitative estimate of drug-likeness (QED) is 0.582. The van der Waals surface area contributed by atoms with Crippen LogP contribution in [0.15, 0.2) is 27.4 Å². The number of alkyl halides is 3. The fourth-order valence-corrected chi connectivity index (χ4v) is 2.29. The molecule has 6 heteroatoms. The lowest BCUT2D eigenvalue weighted by atomic mass is 10.4. The first kappa shape index (κ1) is 11.5. The minimum Gasteiger partial charge on any atom is -0.249 e. The van der Waals surface area contributed by atoms with E-state index in [0.29, 0.717) is 3.57 Å². The van der Waals surface area contributed by atoms with Crippen molar-refractivity contribution in [3.63, 3.8) is 0 Å². The van der Waals surface area contributed by atoms with Crippen molar-refractivity contribution < 1.29 is 17.6 Å². The van der Waals surface area contributed by atoms with E-state index in [1.807, 2.05) is 0 Å². The monoisotopic (exact) mass is 319 g/mol. The SMILES string of the molecule is Fc1ccc(I=NCC(F)(F)F)cc1. The molecule has 1 nitrogen and oxygen atoms in total. The first-order valence-corrected chi connectivity index (χ1v) is 5.65. The second kappa shape index (κ2) is 4.81. The van der Waals surface area contributed by atoms with Crippen molar-refractivity contribution in [2.24, 2.45) is 3.15 Å². The van der Waals surface area contributed by atoms with Gasteiger partial charge in [0.1, 0.15) is 12.4 Å². The summed E-state index contributed by atoms with van der Waals surface area (Å²) in [5.74, 6) is -0.395. The van der Waals surface area contributed by atoms with Crippen LogP contribution in [0.3, 0.4) is 0 Å². The molecule has 0 spiro atoms. The molecule has 0 fully saturated rings. The summed E-state index contributed by atoms with van der Waals surface area (Å²) in [7, 11) is 0. The lowest BCUT2D eigenvalue weighted by Gasteiger charge is -1.99. The van der Waals surface area contributed by atoms with Crippen molar-refractivity contribution >= 4 is 21.0 Å². The van der Waals surface area contributed by atoms with E-state index in [-0.39, 0.29) is 0 Å². The van der Waals surface area contributed by atoms with Crippen molar-refractivity contribution in [2.75, 3.05) is 6.54 Å². The highest BCUT2D eigenvalue weighted by Crippen LogP contribution is 2.20. The summed E-state index contributed by atoms with van der Waals surface area (Å²) >= 11 is -1.01. The van der Waals surface area contributed by atoms with E-state index >= 15 is 0 Å². The Morgan fingerprint density at radius 2 is 1.71 bits per heavy atom. The van der Waals surface area contributed by atoms with Gasteiger partial charge in [-0.05, 0) is 24.3 Å². The molecule has 1 aromatic rings. The summed E-state index contributed by atoms with van der Waals surface area (Å²) in [6, 6.07) is 5.36. The fraction of sp³-hybridized carbons (Fsp3) is 0.250. The zero-order chi connectivity index (χ0) is 10.6. The third-order valence-electron chi connectivity index (χ3n) is 1.20. The highest BCUT2D eigenvalue weighted by molar-refractivity contribution is 14.2. The molecule has 0 heterocycles. The Morgan fingerprint density at radius 3 is 2.21 bits per heavy atom. The van der Waals surface area contributed by atoms with Gasteiger partial charge in [0.2, 0.25) is 0 Å². The summed E-state index contributed by atoms with van der Waals surface area (Å²) in [4.78, 5) is 0. The van der Waals surface area contributed by atoms with Gasteiger partial charge in [-0.3, -0.25) is 0 Å². The predicted octanol–water partition coefficient (Wildman–Crippen LogP) is 3.71. The van der Waals surface area contributed by atoms with Crippen LogP contribution in [-0.4, -0.2) is 12.7 Å². The summed E-state index contributed by atoms with van der Waals surface area (Å²) in [5.41, 5.74) is 0. The van der Waals surface area contributed by atoms with Gasteiger partial charge in [-0.25, -0.2) is 7.54 Å². The van der Waals surface area contributed by atoms with Crippen molar-refractivity contribution in [1.82, 2.24) is 0 Å². The van der Waals surface area contributed by atoms with Gasteiger partial charge in [-0.15, -0.1) is 0 Å². The van der Waals surface area contributed by atoms with Gasteiger partial charge in [0.15, 0.2) is 0 Å². The van der Waals surface area contributed by atoms with Gasteiger partial charge >= 0.3 is 6.18 Å². The van der Waals surface area contributed by atoms with Crippen LogP contribution in [0.1, 0.15) is 0 Å². The maximum absolute atomic E-state index is 12.4. The van der Waals surface area contributed by atoms with Crippen LogP contribution in [0.2, 0.25) is 0 Å². The Bertz CT molecular complexity index is 317. The molecule has 0 aromatic heterocycles. The summed E-state index contributed by atoms with van der Waals surface area (Å²) in [5, 5.41) is 0. The summed E-state index contributed by atoms with van der Waals surface area (Å²) in [6.45, 7) is -1.11. The molecule has 0 N–H and O–H groups in total. The van der Waals surface area contributed by atoms with Gasteiger partial charge in [-0.2, -0.15) is 13.2 Å². The molecule has 0 atom stereocenters. The van der Waals surface area contributed by atoms with Crippen LogP contribution in [0.25, 0.3) is 0 Å². The lowest BCUT2D eigenvalue weighted by molar-refractivity contribution is -0.117. The van der Waals surface area contributed by atoms with Crippen LogP contribution in [0.4, 0.5) is 17.6 Å². The first-order chi connectivity index (χ1) is 6.47. The molecule has 0 unspecified atom stereocenters. The highest BCUT2D eigenvalue weighted by atomic mass is 127. The van der Waals surface area contributed by atoms with Crippen molar-refractivity contribution in [3.8, 4) is 0 Å². The molecule has 0 amide bonds. The van der Waals surface area contributed by atoms with Crippen LogP contribution in [0, 0.1) is 9.39 Å². The molecule has 0 bridgehead atoms. The smallest absolute Gasteiger partial charge is 0.249 e. The largest absolute Gasteiger partial charge is 0.408 e. The molecule has 0 aliphatic carbocycles. The predicted molar refractivity (Wildman–Crippen MR) is 52.5 cm³/mol. The lowest BCUT2D eigenvalue weighted by Crippen LogP contribution is -2.10. The molecule has 1 aromatic carbocycles. The molecule has 0 radical (unpaired) electrons. The van der Waals surface area contributed by atoms with Crippen molar-refractivity contribution in [3.05, 3.63) is 33.7 Å². The summed E-state index contributed by atoms with van der Waals surface area (Å²) < 4.78 is 51.5. The molecular formula is C8H6F4IN. The number of hydrogen-bond acceptors (Lipinski definition) is 1. The molecule has 14 heavy (non-hydrogen) atoms. The van der Waals surface area contributed by atoms with Crippen molar-refractivity contribution in [1.29, 1.82) is 0 Å². The van der Waals surface area contributed by atoms with E-state index in [2.05, 4.69) is 3.15 Å². The maximum Gasteiger partial charge on any atom is 0.408 e. The molecular weight excluding hydrogens is 313 g/mol. The fourth-order valence-electron chi connectivity index (χ4n) is 0.653. The molecule has 0 saturated carbocycles. The maximum atomic E-state index is 12.4. The molecule has 0 aliphatic heterocycles. The van der Waals surface area contributed by atoms with Crippen LogP contribution in [-0.2, 0) is 0 Å². The average molecular weight is 319 g/mol. The first-order valence-electron chi connectivity index (χ1n) is 3.61. The van der Waals surface area contributed by atoms with E-state index in [9.17, 15) is 17.6 Å². The minimum atomic E-state index is -4.24. The Morgan fingerprint density at radius 1 is 1.14 bits per heavy atom. The van der Waals surface area contributed by atoms with Crippen LogP contribution >= 0.6 is 21.0 Å². The number of halogens is 5. The Labute approximate surface area is 88.3 Å². The topological polar surface area (TPSA) is 12.4 Å². The second-order valence-electron chi connectivity index (χ2n) is 2.41. The Balaban J connectivity index is 2.57. The normalized spacial score (nSPS) is 12.9. The zero-order valence-electron chi connectivity index (χ0n) is 6.85. The van der Waals surface area contributed by atoms with Gasteiger partial charge in [0.05, 0.1) is 0 Å². The Hall–Kier alpha value is -0.530. The van der Waals surface area contributed by atoms with E-state index in [1.54, 1.807) is 0 Å². The van der Waals surface area contributed by atoms with E-state index in [1.165, 1.54) is 24.3 Å². The van der Waals surface area contributed by atoms with Gasteiger partial charge < -0.3 is 0 Å². The Kier molecular flexibility index (Phi) is 3.97. The second-order valence-corrected chi connectivity index (χ2v) is 4.82. The third-order valence-corrected chi connectivity index (χ3v) is 3.16. The van der Waals surface area contributed by atoms with E-state index in [0.717, 1.165) is 0 Å². The van der Waals surface area contributed by atoms with Gasteiger partial charge in [-0.1, -0.05) is 0 Å². The summed E-state index contributed by atoms with van der Waals surface area (Å²) in [6.07, 6.45) is -4.24. The van der Waals surface area contributed by atoms with Gasteiger partial charge in [0.25, 0.3) is 0 Å². The molecule has 78 valence electrons. The number of rotatable bonds is 2. The molecule has 0 aliphatic rings. The number of hydrogen-bond donors (Lipinski definition) is 0. The van der Waals surface area contributed by atoms with Crippen molar-refractivity contribution in [2.45, 2.75) is 6.18 Å². The van der Waals surface area contributed by atoms with E-state index in [4.69, 9.17) is 0 Å². The molecule has 1 rings (SSSR count). The van der Waals surface area contributed by atoms with Crippen LogP contribution in [0.5, 0.6) is 0 Å². The van der Waals surface area contributed by atoms with E-state index < -0.39 is 39.6 Å². The average Bonchev–Trinajstić information content (AvgIpc) is 2.06. The number of nitrogens with zero attached hydrogens (tertiary/aromatic N) is 1. The molecule has 0 saturated heterocycles. The minimum absolute atomic E-state index is 0.395. The standard InChI is InChI=1S/C8H6F4IN/c9-6-1-3-7(4-2-6)13-14-5-8(10,11)12/h1-4H,5H2.